The highest BCUT2D eigenvalue weighted by Crippen LogP contribution is 2.15. The zero-order valence-corrected chi connectivity index (χ0v) is 16.0. The molecule has 0 atom stereocenters. The van der Waals surface area contributed by atoms with Crippen LogP contribution in [0.1, 0.15) is 26.3 Å². The topological polar surface area (TPSA) is 93.7 Å². The van der Waals surface area contributed by atoms with E-state index in [4.69, 9.17) is 9.47 Å². The molecular weight excluding hydrogens is 384 g/mol. The molecule has 7 heteroatoms. The number of esters is 1. The molecule has 30 heavy (non-hydrogen) atoms. The number of benzene rings is 3. The SMILES string of the molecule is O=C(COC(=O)c1ccc(OCc2ccccc2)cc1)NNC(=O)c1ccccc1. The van der Waals surface area contributed by atoms with E-state index in [0.717, 1.165) is 5.56 Å². The van der Waals surface area contributed by atoms with Crippen LogP contribution in [0.15, 0.2) is 84.9 Å². The number of hydrogen-bond acceptors (Lipinski definition) is 5. The zero-order valence-electron chi connectivity index (χ0n) is 16.0. The predicted octanol–water partition coefficient (Wildman–Crippen LogP) is 2.88. The summed E-state index contributed by atoms with van der Waals surface area (Å²) in [5, 5.41) is 0. The van der Waals surface area contributed by atoms with Crippen molar-refractivity contribution in [2.45, 2.75) is 6.61 Å². The molecule has 3 rings (SSSR count). The van der Waals surface area contributed by atoms with Crippen molar-refractivity contribution < 1.29 is 23.9 Å². The molecule has 0 fully saturated rings. The van der Waals surface area contributed by atoms with Gasteiger partial charge in [-0.15, -0.1) is 0 Å². The van der Waals surface area contributed by atoms with Crippen LogP contribution in [0.2, 0.25) is 0 Å². The first-order valence-electron chi connectivity index (χ1n) is 9.20. The van der Waals surface area contributed by atoms with Crippen LogP contribution in [0.3, 0.4) is 0 Å². The highest BCUT2D eigenvalue weighted by molar-refractivity contribution is 5.96. The summed E-state index contributed by atoms with van der Waals surface area (Å²) in [4.78, 5) is 35.7. The van der Waals surface area contributed by atoms with Gasteiger partial charge in [-0.1, -0.05) is 48.5 Å². The van der Waals surface area contributed by atoms with Gasteiger partial charge >= 0.3 is 5.97 Å². The second-order valence-corrected chi connectivity index (χ2v) is 6.24. The van der Waals surface area contributed by atoms with Crippen molar-refractivity contribution in [2.24, 2.45) is 0 Å². The molecule has 0 bridgehead atoms. The lowest BCUT2D eigenvalue weighted by molar-refractivity contribution is -0.125. The average Bonchev–Trinajstić information content (AvgIpc) is 2.81. The minimum absolute atomic E-state index is 0.281. The first-order valence-corrected chi connectivity index (χ1v) is 9.20. The summed E-state index contributed by atoms with van der Waals surface area (Å²) in [5.74, 6) is -1.18. The zero-order chi connectivity index (χ0) is 21.2. The van der Waals surface area contributed by atoms with Crippen molar-refractivity contribution in [3.8, 4) is 5.75 Å². The smallest absolute Gasteiger partial charge is 0.338 e. The Balaban J connectivity index is 1.40. The molecule has 0 aliphatic carbocycles. The molecule has 0 aliphatic rings. The number of carbonyl (C=O) groups excluding carboxylic acids is 3. The highest BCUT2D eigenvalue weighted by Gasteiger charge is 2.11. The summed E-state index contributed by atoms with van der Waals surface area (Å²) in [6.07, 6.45) is 0. The Hall–Kier alpha value is -4.13. The van der Waals surface area contributed by atoms with E-state index in [1.807, 2.05) is 30.3 Å². The predicted molar refractivity (Wildman–Crippen MR) is 110 cm³/mol. The molecule has 0 heterocycles. The number of ether oxygens (including phenoxy) is 2. The van der Waals surface area contributed by atoms with Crippen LogP contribution in [0, 0.1) is 0 Å². The van der Waals surface area contributed by atoms with Crippen molar-refractivity contribution in [1.29, 1.82) is 0 Å². The van der Waals surface area contributed by atoms with Gasteiger partial charge in [-0.05, 0) is 42.0 Å². The second kappa shape index (κ2) is 10.4. The normalized spacial score (nSPS) is 10.0. The maximum atomic E-state index is 12.1. The standard InChI is InChI=1S/C23H20N2O5/c26-21(24-25-22(27)18-9-5-2-6-10-18)16-30-23(28)19-11-13-20(14-12-19)29-15-17-7-3-1-4-8-17/h1-14H,15-16H2,(H,24,26)(H,25,27). The van der Waals surface area contributed by atoms with Crippen molar-refractivity contribution in [3.05, 3.63) is 102 Å². The molecule has 0 aliphatic heterocycles. The maximum absolute atomic E-state index is 12.1. The lowest BCUT2D eigenvalue weighted by Gasteiger charge is -2.09. The maximum Gasteiger partial charge on any atom is 0.338 e. The summed E-state index contributed by atoms with van der Waals surface area (Å²) in [5.41, 5.74) is 6.15. The van der Waals surface area contributed by atoms with Crippen molar-refractivity contribution in [3.63, 3.8) is 0 Å². The van der Waals surface area contributed by atoms with E-state index in [1.54, 1.807) is 54.6 Å². The number of nitrogens with one attached hydrogen (secondary N) is 2. The minimum Gasteiger partial charge on any atom is -0.489 e. The molecule has 0 aromatic heterocycles. The molecular formula is C23H20N2O5. The molecule has 152 valence electrons. The fraction of sp³-hybridized carbons (Fsp3) is 0.0870. The minimum atomic E-state index is -0.658. The number of rotatable bonds is 7. The van der Waals surface area contributed by atoms with E-state index in [9.17, 15) is 14.4 Å². The lowest BCUT2D eigenvalue weighted by atomic mass is 10.2. The number of amides is 2. The fourth-order valence-electron chi connectivity index (χ4n) is 2.47. The van der Waals surface area contributed by atoms with E-state index in [2.05, 4.69) is 10.9 Å². The molecule has 0 saturated heterocycles. The first-order chi connectivity index (χ1) is 14.6. The third-order valence-corrected chi connectivity index (χ3v) is 4.02. The lowest BCUT2D eigenvalue weighted by Crippen LogP contribution is -2.43. The summed E-state index contributed by atoms with van der Waals surface area (Å²) < 4.78 is 10.6. The Bertz CT molecular complexity index is 989. The molecule has 2 N–H and O–H groups in total. The van der Waals surface area contributed by atoms with Gasteiger partial charge in [0, 0.05) is 5.56 Å². The van der Waals surface area contributed by atoms with Gasteiger partial charge in [0.25, 0.3) is 11.8 Å². The van der Waals surface area contributed by atoms with Crippen molar-refractivity contribution in [1.82, 2.24) is 10.9 Å². The summed E-state index contributed by atoms with van der Waals surface area (Å²) >= 11 is 0. The van der Waals surface area contributed by atoms with Crippen LogP contribution in [0.25, 0.3) is 0 Å². The van der Waals surface area contributed by atoms with Gasteiger partial charge in [-0.25, -0.2) is 4.79 Å². The van der Waals surface area contributed by atoms with Crippen molar-refractivity contribution >= 4 is 17.8 Å². The van der Waals surface area contributed by atoms with E-state index in [0.29, 0.717) is 17.9 Å². The molecule has 3 aromatic carbocycles. The monoisotopic (exact) mass is 404 g/mol. The van der Waals surface area contributed by atoms with E-state index in [1.165, 1.54) is 0 Å². The summed E-state index contributed by atoms with van der Waals surface area (Å²) in [6.45, 7) is -0.111. The molecule has 0 radical (unpaired) electrons. The van der Waals surface area contributed by atoms with Gasteiger partial charge in [0.05, 0.1) is 5.56 Å². The Morgan fingerprint density at radius 2 is 1.33 bits per heavy atom. The summed E-state index contributed by atoms with van der Waals surface area (Å²) in [6, 6.07) is 24.5. The summed E-state index contributed by atoms with van der Waals surface area (Å²) in [7, 11) is 0. The Labute approximate surface area is 173 Å². The highest BCUT2D eigenvalue weighted by atomic mass is 16.5. The van der Waals surface area contributed by atoms with Crippen LogP contribution in [-0.4, -0.2) is 24.4 Å². The molecule has 0 unspecified atom stereocenters. The Morgan fingerprint density at radius 3 is 2.00 bits per heavy atom. The van der Waals surface area contributed by atoms with Gasteiger partial charge in [-0.3, -0.25) is 20.4 Å². The van der Waals surface area contributed by atoms with E-state index < -0.39 is 24.4 Å². The number of hydrazine groups is 1. The third-order valence-electron chi connectivity index (χ3n) is 4.02. The third kappa shape index (κ3) is 6.20. The molecule has 0 spiro atoms. The quantitative estimate of drug-likeness (QED) is 0.467. The largest absolute Gasteiger partial charge is 0.489 e. The average molecular weight is 404 g/mol. The molecule has 2 amide bonds. The van der Waals surface area contributed by atoms with E-state index >= 15 is 0 Å². The molecule has 0 saturated carbocycles. The van der Waals surface area contributed by atoms with Crippen LogP contribution in [0.4, 0.5) is 0 Å². The van der Waals surface area contributed by atoms with Crippen LogP contribution < -0.4 is 15.6 Å². The van der Waals surface area contributed by atoms with Gasteiger partial charge in [0.2, 0.25) is 0 Å². The fourth-order valence-corrected chi connectivity index (χ4v) is 2.47. The van der Waals surface area contributed by atoms with Gasteiger partial charge in [0.15, 0.2) is 6.61 Å². The van der Waals surface area contributed by atoms with Crippen LogP contribution in [-0.2, 0) is 16.1 Å². The second-order valence-electron chi connectivity index (χ2n) is 6.24. The number of hydrogen-bond donors (Lipinski definition) is 2. The van der Waals surface area contributed by atoms with Gasteiger partial charge in [0.1, 0.15) is 12.4 Å². The van der Waals surface area contributed by atoms with Gasteiger partial charge in [-0.2, -0.15) is 0 Å². The first kappa shape index (κ1) is 20.6. The van der Waals surface area contributed by atoms with E-state index in [-0.39, 0.29) is 5.56 Å². The molecule has 7 nitrogen and oxygen atoms in total. The van der Waals surface area contributed by atoms with Crippen molar-refractivity contribution in [2.75, 3.05) is 6.61 Å². The van der Waals surface area contributed by atoms with Crippen LogP contribution >= 0.6 is 0 Å². The van der Waals surface area contributed by atoms with Gasteiger partial charge < -0.3 is 9.47 Å². The Kier molecular flexibility index (Phi) is 7.16. The number of carbonyl (C=O) groups is 3. The molecule has 3 aromatic rings. The van der Waals surface area contributed by atoms with Crippen LogP contribution in [0.5, 0.6) is 5.75 Å². The Morgan fingerprint density at radius 1 is 0.700 bits per heavy atom.